The van der Waals surface area contributed by atoms with Gasteiger partial charge in [0.25, 0.3) is 5.91 Å². The largest absolute Gasteiger partial charge is 0.366 e. The molecule has 0 aliphatic rings. The zero-order valence-electron chi connectivity index (χ0n) is 16.7. The summed E-state index contributed by atoms with van der Waals surface area (Å²) >= 11 is 1.21. The molecule has 0 atom stereocenters. The highest BCUT2D eigenvalue weighted by atomic mass is 32.2. The highest BCUT2D eigenvalue weighted by molar-refractivity contribution is 7.92. The molecule has 4 N–H and O–H groups in total. The zero-order chi connectivity index (χ0) is 22.3. The SMILES string of the molecule is NC(=O)c1ccccc1Nc1ccnc2[nH]c3ccc(CS(=O)(=O)c4cccs4)cc3c12. The molecule has 5 rings (SSSR count). The lowest BCUT2D eigenvalue weighted by atomic mass is 10.1. The molecule has 7 nitrogen and oxygen atoms in total. The second kappa shape index (κ2) is 7.77. The van der Waals surface area contributed by atoms with Crippen molar-refractivity contribution in [1.29, 1.82) is 0 Å². The fourth-order valence-corrected chi connectivity index (χ4v) is 6.17. The number of pyridine rings is 1. The van der Waals surface area contributed by atoms with Gasteiger partial charge in [-0.2, -0.15) is 0 Å². The molecule has 1 amide bonds. The van der Waals surface area contributed by atoms with Crippen molar-refractivity contribution < 1.29 is 13.2 Å². The van der Waals surface area contributed by atoms with Crippen LogP contribution in [0.4, 0.5) is 11.4 Å². The maximum absolute atomic E-state index is 12.7. The van der Waals surface area contributed by atoms with Crippen molar-refractivity contribution in [3.05, 3.63) is 83.4 Å². The molecule has 3 aromatic heterocycles. The number of carbonyl (C=O) groups excluding carboxylic acids is 1. The molecule has 160 valence electrons. The number of nitrogens with zero attached hydrogens (tertiary/aromatic N) is 1. The molecular weight excluding hydrogens is 444 g/mol. The molecule has 0 spiro atoms. The van der Waals surface area contributed by atoms with Gasteiger partial charge >= 0.3 is 0 Å². The average molecular weight is 463 g/mol. The Morgan fingerprint density at radius 1 is 1.06 bits per heavy atom. The van der Waals surface area contributed by atoms with Crippen LogP contribution >= 0.6 is 11.3 Å². The smallest absolute Gasteiger partial charge is 0.250 e. The van der Waals surface area contributed by atoms with Gasteiger partial charge in [0.15, 0.2) is 9.84 Å². The first-order valence-corrected chi connectivity index (χ1v) is 12.3. The standard InChI is InChI=1S/C23H18N4O3S2/c24-22(28)15-4-1-2-5-17(15)26-19-9-10-25-23-21(19)16-12-14(7-8-18(16)27-23)13-32(29,30)20-6-3-11-31-20/h1-12H,13H2,(H2,24,28)(H2,25,26,27). The summed E-state index contributed by atoms with van der Waals surface area (Å²) in [5, 5.41) is 6.68. The summed E-state index contributed by atoms with van der Waals surface area (Å²) in [5.41, 5.74) is 9.37. The number of sulfone groups is 1. The third kappa shape index (κ3) is 3.61. The fourth-order valence-electron chi connectivity index (χ4n) is 3.74. The van der Waals surface area contributed by atoms with E-state index in [9.17, 15) is 13.2 Å². The minimum Gasteiger partial charge on any atom is -0.366 e. The van der Waals surface area contributed by atoms with Crippen LogP contribution in [0.1, 0.15) is 15.9 Å². The number of H-pyrrole nitrogens is 1. The number of nitrogens with two attached hydrogens (primary N) is 1. The van der Waals surface area contributed by atoms with E-state index in [-0.39, 0.29) is 5.75 Å². The number of rotatable bonds is 6. The molecule has 0 fully saturated rings. The molecule has 9 heteroatoms. The van der Waals surface area contributed by atoms with E-state index in [0.717, 1.165) is 22.0 Å². The van der Waals surface area contributed by atoms with Gasteiger partial charge in [0.05, 0.1) is 28.1 Å². The summed E-state index contributed by atoms with van der Waals surface area (Å²) in [5.74, 6) is -0.623. The fraction of sp³-hybridized carbons (Fsp3) is 0.0435. The summed E-state index contributed by atoms with van der Waals surface area (Å²) in [6, 6.07) is 17.7. The lowest BCUT2D eigenvalue weighted by Crippen LogP contribution is -2.13. The van der Waals surface area contributed by atoms with Crippen LogP contribution in [0.5, 0.6) is 0 Å². The van der Waals surface area contributed by atoms with E-state index in [4.69, 9.17) is 5.73 Å². The van der Waals surface area contributed by atoms with Crippen LogP contribution in [0.2, 0.25) is 0 Å². The number of benzene rings is 2. The van der Waals surface area contributed by atoms with Crippen molar-refractivity contribution in [2.24, 2.45) is 5.73 Å². The Hall–Kier alpha value is -3.69. The Labute approximate surface area is 187 Å². The van der Waals surface area contributed by atoms with Gasteiger partial charge in [-0.05, 0) is 47.3 Å². The number of hydrogen-bond donors (Lipinski definition) is 3. The molecule has 0 aliphatic heterocycles. The minimum atomic E-state index is -3.42. The van der Waals surface area contributed by atoms with Crippen LogP contribution < -0.4 is 11.1 Å². The summed E-state index contributed by atoms with van der Waals surface area (Å²) in [6.07, 6.45) is 1.66. The average Bonchev–Trinajstić information content (AvgIpc) is 3.43. The number of amides is 1. The molecule has 3 heterocycles. The van der Waals surface area contributed by atoms with Gasteiger partial charge in [-0.25, -0.2) is 13.4 Å². The van der Waals surface area contributed by atoms with Crippen molar-refractivity contribution in [3.63, 3.8) is 0 Å². The molecule has 0 saturated carbocycles. The number of para-hydroxylation sites is 1. The predicted octanol–water partition coefficient (Wildman–Crippen LogP) is 4.59. The topological polar surface area (TPSA) is 118 Å². The van der Waals surface area contributed by atoms with Crippen molar-refractivity contribution in [2.75, 3.05) is 5.32 Å². The van der Waals surface area contributed by atoms with Crippen LogP contribution in [0.15, 0.2) is 76.4 Å². The maximum atomic E-state index is 12.7. The van der Waals surface area contributed by atoms with Gasteiger partial charge in [-0.3, -0.25) is 4.79 Å². The molecule has 2 aromatic carbocycles. The summed E-state index contributed by atoms with van der Waals surface area (Å²) in [7, 11) is -3.42. The number of hydrogen-bond acceptors (Lipinski definition) is 6. The second-order valence-corrected chi connectivity index (χ2v) is 10.5. The molecule has 32 heavy (non-hydrogen) atoms. The van der Waals surface area contributed by atoms with Gasteiger partial charge in [0.1, 0.15) is 9.86 Å². The lowest BCUT2D eigenvalue weighted by molar-refractivity contribution is 0.100. The van der Waals surface area contributed by atoms with Gasteiger partial charge in [-0.1, -0.05) is 24.3 Å². The molecule has 0 bridgehead atoms. The van der Waals surface area contributed by atoms with Gasteiger partial charge in [0, 0.05) is 17.1 Å². The first-order chi connectivity index (χ1) is 15.4. The van der Waals surface area contributed by atoms with Gasteiger partial charge < -0.3 is 16.0 Å². The number of anilines is 2. The van der Waals surface area contributed by atoms with E-state index < -0.39 is 15.7 Å². The van der Waals surface area contributed by atoms with Crippen molar-refractivity contribution >= 4 is 60.4 Å². The van der Waals surface area contributed by atoms with E-state index in [1.165, 1.54) is 11.3 Å². The number of fused-ring (bicyclic) bond motifs is 3. The number of thiophene rings is 1. The molecule has 0 aliphatic carbocycles. The van der Waals surface area contributed by atoms with E-state index in [1.54, 1.807) is 48.0 Å². The molecular formula is C23H18N4O3S2. The normalized spacial score (nSPS) is 11.8. The summed E-state index contributed by atoms with van der Waals surface area (Å²) in [4.78, 5) is 19.5. The second-order valence-electron chi connectivity index (χ2n) is 7.31. The Morgan fingerprint density at radius 2 is 1.91 bits per heavy atom. The minimum absolute atomic E-state index is 0.0936. The molecule has 0 unspecified atom stereocenters. The summed E-state index contributed by atoms with van der Waals surface area (Å²) < 4.78 is 25.8. The van der Waals surface area contributed by atoms with E-state index in [0.29, 0.717) is 26.7 Å². The molecule has 5 aromatic rings. The highest BCUT2D eigenvalue weighted by Crippen LogP contribution is 2.34. The zero-order valence-corrected chi connectivity index (χ0v) is 18.3. The Kier molecular flexibility index (Phi) is 4.91. The van der Waals surface area contributed by atoms with E-state index >= 15 is 0 Å². The monoisotopic (exact) mass is 462 g/mol. The van der Waals surface area contributed by atoms with Crippen LogP contribution in [0.25, 0.3) is 21.9 Å². The maximum Gasteiger partial charge on any atom is 0.250 e. The molecule has 0 saturated heterocycles. The predicted molar refractivity (Wildman–Crippen MR) is 127 cm³/mol. The van der Waals surface area contributed by atoms with Crippen LogP contribution in [-0.2, 0) is 15.6 Å². The quantitative estimate of drug-likeness (QED) is 0.341. The lowest BCUT2D eigenvalue weighted by Gasteiger charge is -2.11. The number of primary amides is 1. The van der Waals surface area contributed by atoms with E-state index in [2.05, 4.69) is 15.3 Å². The Balaban J connectivity index is 1.61. The van der Waals surface area contributed by atoms with Crippen LogP contribution in [0.3, 0.4) is 0 Å². The Morgan fingerprint density at radius 3 is 2.69 bits per heavy atom. The van der Waals surface area contributed by atoms with Crippen molar-refractivity contribution in [2.45, 2.75) is 9.96 Å². The molecule has 0 radical (unpaired) electrons. The number of aromatic amines is 1. The highest BCUT2D eigenvalue weighted by Gasteiger charge is 2.18. The van der Waals surface area contributed by atoms with Gasteiger partial charge in [-0.15, -0.1) is 11.3 Å². The Bertz CT molecular complexity index is 1570. The summed E-state index contributed by atoms with van der Waals surface area (Å²) in [6.45, 7) is 0. The van der Waals surface area contributed by atoms with Crippen LogP contribution in [-0.4, -0.2) is 24.3 Å². The first-order valence-electron chi connectivity index (χ1n) is 9.74. The number of carbonyl (C=O) groups is 1. The van der Waals surface area contributed by atoms with Crippen molar-refractivity contribution in [3.8, 4) is 0 Å². The third-order valence-electron chi connectivity index (χ3n) is 5.18. The van der Waals surface area contributed by atoms with E-state index in [1.807, 2.05) is 24.3 Å². The first kappa shape index (κ1) is 20.2. The van der Waals surface area contributed by atoms with Crippen molar-refractivity contribution in [1.82, 2.24) is 9.97 Å². The third-order valence-corrected chi connectivity index (χ3v) is 8.35. The number of aromatic nitrogens is 2. The van der Waals surface area contributed by atoms with Gasteiger partial charge in [0.2, 0.25) is 0 Å². The number of nitrogens with one attached hydrogen (secondary N) is 2. The van der Waals surface area contributed by atoms with Crippen LogP contribution in [0, 0.1) is 0 Å².